The number of hydrogen-bond donors (Lipinski definition) is 0. The number of thioether (sulfide) groups is 1. The quantitative estimate of drug-likeness (QED) is 0.509. The van der Waals surface area contributed by atoms with E-state index in [4.69, 9.17) is 9.47 Å². The maximum absolute atomic E-state index is 12.3. The lowest BCUT2D eigenvalue weighted by molar-refractivity contribution is 0.0825. The predicted octanol–water partition coefficient (Wildman–Crippen LogP) is 3.30. The van der Waals surface area contributed by atoms with Crippen molar-refractivity contribution in [1.82, 2.24) is 14.8 Å². The Morgan fingerprint density at radius 3 is 2.65 bits per heavy atom. The number of hydrogen-bond acceptors (Lipinski definition) is 6. The summed E-state index contributed by atoms with van der Waals surface area (Å²) in [4.78, 5) is 12.3. The van der Waals surface area contributed by atoms with Crippen LogP contribution >= 0.6 is 11.8 Å². The smallest absolute Gasteiger partial charge is 0.192 e. The van der Waals surface area contributed by atoms with Crippen LogP contribution in [-0.2, 0) is 7.05 Å². The van der Waals surface area contributed by atoms with Crippen LogP contribution in [0.1, 0.15) is 22.3 Å². The number of rotatable bonds is 5. The molecule has 1 aromatic heterocycles. The van der Waals surface area contributed by atoms with Crippen LogP contribution in [-0.4, -0.2) is 32.9 Å². The first-order valence-electron chi connectivity index (χ1n) is 8.21. The van der Waals surface area contributed by atoms with Crippen LogP contribution in [0.2, 0.25) is 0 Å². The normalized spacial score (nSPS) is 15.7. The van der Waals surface area contributed by atoms with Gasteiger partial charge in [-0.3, -0.25) is 4.79 Å². The monoisotopic (exact) mass is 367 g/mol. The molecular weight excluding hydrogens is 350 g/mol. The number of benzene rings is 2. The highest BCUT2D eigenvalue weighted by Gasteiger charge is 2.27. The van der Waals surface area contributed by atoms with Crippen molar-refractivity contribution in [2.75, 3.05) is 12.4 Å². The van der Waals surface area contributed by atoms with Crippen molar-refractivity contribution in [3.8, 4) is 11.5 Å². The molecule has 0 aliphatic carbocycles. The SMILES string of the molecule is Cn1c(SCC(=O)c2ccccc2)nnc1[C@@H]1COc2ccccc2O1. The Labute approximate surface area is 155 Å². The Hall–Kier alpha value is -2.80. The molecule has 0 unspecified atom stereocenters. The third-order valence-corrected chi connectivity index (χ3v) is 5.11. The summed E-state index contributed by atoms with van der Waals surface area (Å²) in [5, 5.41) is 9.11. The number of para-hydroxylation sites is 2. The minimum absolute atomic E-state index is 0.0614. The highest BCUT2D eigenvalue weighted by Crippen LogP contribution is 2.35. The van der Waals surface area contributed by atoms with Gasteiger partial charge in [-0.1, -0.05) is 54.2 Å². The molecule has 2 heterocycles. The van der Waals surface area contributed by atoms with Crippen molar-refractivity contribution in [2.24, 2.45) is 7.05 Å². The van der Waals surface area contributed by atoms with E-state index in [0.29, 0.717) is 34.7 Å². The minimum atomic E-state index is -0.332. The number of Topliss-reactive ketones (excluding diaryl/α,β-unsaturated/α-hetero) is 1. The lowest BCUT2D eigenvalue weighted by atomic mass is 10.2. The van der Waals surface area contributed by atoms with E-state index in [1.165, 1.54) is 11.8 Å². The lowest BCUT2D eigenvalue weighted by Gasteiger charge is -2.25. The number of carbonyl (C=O) groups is 1. The largest absolute Gasteiger partial charge is 0.485 e. The summed E-state index contributed by atoms with van der Waals surface area (Å²) >= 11 is 1.36. The van der Waals surface area contributed by atoms with Crippen molar-refractivity contribution in [2.45, 2.75) is 11.3 Å². The van der Waals surface area contributed by atoms with Gasteiger partial charge in [-0.15, -0.1) is 10.2 Å². The molecule has 1 atom stereocenters. The molecule has 1 aliphatic heterocycles. The molecule has 0 radical (unpaired) electrons. The Kier molecular flexibility index (Phi) is 4.62. The van der Waals surface area contributed by atoms with E-state index >= 15 is 0 Å². The van der Waals surface area contributed by atoms with E-state index in [0.717, 1.165) is 5.75 Å². The molecule has 0 saturated carbocycles. The van der Waals surface area contributed by atoms with Crippen LogP contribution in [0, 0.1) is 0 Å². The molecule has 0 N–H and O–H groups in total. The first-order chi connectivity index (χ1) is 12.7. The summed E-state index contributed by atoms with van der Waals surface area (Å²) in [5.41, 5.74) is 0.697. The molecule has 0 saturated heterocycles. The van der Waals surface area contributed by atoms with Crippen LogP contribution < -0.4 is 9.47 Å². The molecule has 0 spiro atoms. The summed E-state index contributed by atoms with van der Waals surface area (Å²) in [6.07, 6.45) is -0.332. The van der Waals surface area contributed by atoms with E-state index < -0.39 is 0 Å². The van der Waals surface area contributed by atoms with Crippen LogP contribution in [0.3, 0.4) is 0 Å². The first-order valence-corrected chi connectivity index (χ1v) is 9.20. The zero-order valence-corrected chi connectivity index (χ0v) is 15.0. The highest BCUT2D eigenvalue weighted by atomic mass is 32.2. The Bertz CT molecular complexity index is 927. The first kappa shape index (κ1) is 16.7. The maximum atomic E-state index is 12.3. The second kappa shape index (κ2) is 7.21. The van der Waals surface area contributed by atoms with E-state index in [1.54, 1.807) is 0 Å². The van der Waals surface area contributed by atoms with E-state index in [9.17, 15) is 4.79 Å². The number of fused-ring (bicyclic) bond motifs is 1. The number of ketones is 1. The predicted molar refractivity (Wildman–Crippen MR) is 97.8 cm³/mol. The Morgan fingerprint density at radius 1 is 1.12 bits per heavy atom. The summed E-state index contributed by atoms with van der Waals surface area (Å²) in [6.45, 7) is 0.372. The molecule has 6 nitrogen and oxygen atoms in total. The Morgan fingerprint density at radius 2 is 1.85 bits per heavy atom. The second-order valence-electron chi connectivity index (χ2n) is 5.84. The zero-order valence-electron chi connectivity index (χ0n) is 14.2. The molecule has 1 aliphatic rings. The van der Waals surface area contributed by atoms with E-state index in [-0.39, 0.29) is 11.9 Å². The third-order valence-electron chi connectivity index (χ3n) is 4.09. The molecule has 2 aromatic carbocycles. The van der Waals surface area contributed by atoms with Crippen molar-refractivity contribution in [3.05, 3.63) is 66.0 Å². The summed E-state index contributed by atoms with van der Waals surface area (Å²) in [6, 6.07) is 16.8. The minimum Gasteiger partial charge on any atom is -0.485 e. The topological polar surface area (TPSA) is 66.2 Å². The summed E-state index contributed by atoms with van der Waals surface area (Å²) in [5.74, 6) is 2.47. The van der Waals surface area contributed by atoms with Crippen LogP contribution in [0.5, 0.6) is 11.5 Å². The molecule has 0 bridgehead atoms. The van der Waals surface area contributed by atoms with Gasteiger partial charge in [0, 0.05) is 12.6 Å². The molecule has 0 fully saturated rings. The van der Waals surface area contributed by atoms with Crippen molar-refractivity contribution >= 4 is 17.5 Å². The molecule has 26 heavy (non-hydrogen) atoms. The molecule has 4 rings (SSSR count). The van der Waals surface area contributed by atoms with E-state index in [2.05, 4.69) is 10.2 Å². The highest BCUT2D eigenvalue weighted by molar-refractivity contribution is 7.99. The van der Waals surface area contributed by atoms with Gasteiger partial charge >= 0.3 is 0 Å². The maximum Gasteiger partial charge on any atom is 0.192 e. The number of nitrogens with zero attached hydrogens (tertiary/aromatic N) is 3. The fraction of sp³-hybridized carbons (Fsp3) is 0.211. The van der Waals surface area contributed by atoms with Crippen molar-refractivity contribution in [3.63, 3.8) is 0 Å². The second-order valence-corrected chi connectivity index (χ2v) is 6.78. The van der Waals surface area contributed by atoms with Gasteiger partial charge in [0.25, 0.3) is 0 Å². The molecule has 132 valence electrons. The molecule has 7 heteroatoms. The number of carbonyl (C=O) groups excluding carboxylic acids is 1. The summed E-state index contributed by atoms with van der Waals surface area (Å²) < 4.78 is 13.6. The average Bonchev–Trinajstić information content (AvgIpc) is 3.07. The van der Waals surface area contributed by atoms with Gasteiger partial charge in [0.15, 0.2) is 34.4 Å². The van der Waals surface area contributed by atoms with Gasteiger partial charge in [-0.05, 0) is 12.1 Å². The molecular formula is C19H17N3O3S. The van der Waals surface area contributed by atoms with Crippen LogP contribution in [0.25, 0.3) is 0 Å². The fourth-order valence-corrected chi connectivity index (χ4v) is 3.53. The van der Waals surface area contributed by atoms with Gasteiger partial charge in [-0.2, -0.15) is 0 Å². The molecule has 3 aromatic rings. The van der Waals surface area contributed by atoms with Gasteiger partial charge < -0.3 is 14.0 Å². The van der Waals surface area contributed by atoms with Gasteiger partial charge in [0.2, 0.25) is 0 Å². The third kappa shape index (κ3) is 3.30. The summed E-state index contributed by atoms with van der Waals surface area (Å²) in [7, 11) is 1.87. The van der Waals surface area contributed by atoms with Crippen LogP contribution in [0.4, 0.5) is 0 Å². The lowest BCUT2D eigenvalue weighted by Crippen LogP contribution is -2.24. The zero-order chi connectivity index (χ0) is 17.9. The standard InChI is InChI=1S/C19H17N3O3S/c1-22-18(17-11-24-15-9-5-6-10-16(15)25-17)20-21-19(22)26-12-14(23)13-7-3-2-4-8-13/h2-10,17H,11-12H2,1H3/t17-/m0/s1. The fourth-order valence-electron chi connectivity index (χ4n) is 2.72. The van der Waals surface area contributed by atoms with Crippen LogP contribution in [0.15, 0.2) is 59.8 Å². The number of ether oxygens (including phenoxy) is 2. The van der Waals surface area contributed by atoms with Crippen molar-refractivity contribution in [1.29, 1.82) is 0 Å². The number of aromatic nitrogens is 3. The Balaban J connectivity index is 1.45. The van der Waals surface area contributed by atoms with Gasteiger partial charge in [0.05, 0.1) is 5.75 Å². The van der Waals surface area contributed by atoms with E-state index in [1.807, 2.05) is 66.2 Å². The van der Waals surface area contributed by atoms with Gasteiger partial charge in [0.1, 0.15) is 6.61 Å². The van der Waals surface area contributed by atoms with Crippen molar-refractivity contribution < 1.29 is 14.3 Å². The van der Waals surface area contributed by atoms with Gasteiger partial charge in [-0.25, -0.2) is 0 Å². The average molecular weight is 367 g/mol. The molecule has 0 amide bonds.